The molecule has 0 aliphatic heterocycles. The molecule has 0 aromatic carbocycles. The van der Waals surface area contributed by atoms with Crippen LogP contribution in [0.5, 0.6) is 0 Å². The van der Waals surface area contributed by atoms with Crippen LogP contribution in [0.1, 0.15) is 16.8 Å². The Kier molecular flexibility index (Phi) is 4.24. The van der Waals surface area contributed by atoms with Crippen molar-refractivity contribution in [3.8, 4) is 0 Å². The van der Waals surface area contributed by atoms with Crippen LogP contribution in [-0.2, 0) is 6.42 Å². The minimum Gasteiger partial charge on any atom is -0.383 e. The van der Waals surface area contributed by atoms with E-state index in [2.05, 4.69) is 19.9 Å². The van der Waals surface area contributed by atoms with Gasteiger partial charge in [0.1, 0.15) is 18.0 Å². The first-order valence-corrected chi connectivity index (χ1v) is 6.25. The standard InChI is InChI=1S/C14H18N6/c1-16-8-11-12(18-9-19-14(11)15)6-10-4-5-13(17-7-10)20(2)3/h4-5,7-9H,6H2,1-3H3,(H2,15,18,19). The normalized spacial score (nSPS) is 10.9. The first kappa shape index (κ1) is 13.9. The number of hydrogen-bond acceptors (Lipinski definition) is 6. The summed E-state index contributed by atoms with van der Waals surface area (Å²) in [6.07, 6.45) is 5.65. The van der Waals surface area contributed by atoms with Crippen LogP contribution in [0.25, 0.3) is 0 Å². The van der Waals surface area contributed by atoms with Crippen molar-refractivity contribution in [2.75, 3.05) is 31.8 Å². The highest BCUT2D eigenvalue weighted by Gasteiger charge is 2.08. The van der Waals surface area contributed by atoms with Gasteiger partial charge in [0.25, 0.3) is 0 Å². The maximum atomic E-state index is 5.86. The van der Waals surface area contributed by atoms with Crippen molar-refractivity contribution in [2.24, 2.45) is 4.99 Å². The van der Waals surface area contributed by atoms with E-state index in [1.54, 1.807) is 13.3 Å². The predicted octanol–water partition coefficient (Wildman–Crippen LogP) is 1.16. The van der Waals surface area contributed by atoms with Gasteiger partial charge in [-0.25, -0.2) is 15.0 Å². The van der Waals surface area contributed by atoms with Gasteiger partial charge in [-0.1, -0.05) is 6.07 Å². The summed E-state index contributed by atoms with van der Waals surface area (Å²) in [6.45, 7) is 0. The second-order valence-electron chi connectivity index (χ2n) is 4.60. The molecular formula is C14H18N6. The maximum absolute atomic E-state index is 5.86. The average Bonchev–Trinajstić information content (AvgIpc) is 2.43. The van der Waals surface area contributed by atoms with Crippen LogP contribution in [0.15, 0.2) is 29.6 Å². The number of aliphatic imine (C=N–C) groups is 1. The molecule has 2 rings (SSSR count). The number of nitrogen functional groups attached to an aromatic ring is 1. The lowest BCUT2D eigenvalue weighted by Crippen LogP contribution is -2.10. The highest BCUT2D eigenvalue weighted by molar-refractivity contribution is 5.86. The molecule has 0 spiro atoms. The molecule has 104 valence electrons. The van der Waals surface area contributed by atoms with Crippen molar-refractivity contribution in [2.45, 2.75) is 6.42 Å². The van der Waals surface area contributed by atoms with Gasteiger partial charge in [0, 0.05) is 40.0 Å². The molecule has 0 aliphatic carbocycles. The Labute approximate surface area is 118 Å². The Morgan fingerprint density at radius 2 is 2.05 bits per heavy atom. The Morgan fingerprint density at radius 3 is 2.65 bits per heavy atom. The number of nitrogens with zero attached hydrogens (tertiary/aromatic N) is 5. The molecule has 6 heteroatoms. The van der Waals surface area contributed by atoms with E-state index in [1.165, 1.54) is 6.33 Å². The number of rotatable bonds is 4. The molecule has 0 radical (unpaired) electrons. The van der Waals surface area contributed by atoms with Crippen molar-refractivity contribution in [3.63, 3.8) is 0 Å². The fourth-order valence-corrected chi connectivity index (χ4v) is 1.84. The fourth-order valence-electron chi connectivity index (χ4n) is 1.84. The van der Waals surface area contributed by atoms with Crippen molar-refractivity contribution in [1.29, 1.82) is 0 Å². The monoisotopic (exact) mass is 270 g/mol. The van der Waals surface area contributed by atoms with E-state index in [0.29, 0.717) is 12.2 Å². The van der Waals surface area contributed by atoms with Crippen molar-refractivity contribution < 1.29 is 0 Å². The van der Waals surface area contributed by atoms with E-state index in [0.717, 1.165) is 22.6 Å². The zero-order valence-corrected chi connectivity index (χ0v) is 11.9. The van der Waals surface area contributed by atoms with Gasteiger partial charge in [0.2, 0.25) is 0 Å². The number of aromatic nitrogens is 3. The highest BCUT2D eigenvalue weighted by atomic mass is 15.1. The Morgan fingerprint density at radius 1 is 1.25 bits per heavy atom. The second kappa shape index (κ2) is 6.10. The van der Waals surface area contributed by atoms with E-state index in [9.17, 15) is 0 Å². The third-order valence-electron chi connectivity index (χ3n) is 2.89. The molecule has 0 amide bonds. The molecule has 0 saturated heterocycles. The van der Waals surface area contributed by atoms with Gasteiger partial charge in [-0.3, -0.25) is 4.99 Å². The molecule has 2 aromatic rings. The van der Waals surface area contributed by atoms with Gasteiger partial charge in [0.05, 0.1) is 11.3 Å². The van der Waals surface area contributed by atoms with Crippen LogP contribution in [0.4, 0.5) is 11.6 Å². The molecule has 0 fully saturated rings. The molecule has 6 nitrogen and oxygen atoms in total. The zero-order chi connectivity index (χ0) is 14.5. The summed E-state index contributed by atoms with van der Waals surface area (Å²) in [6, 6.07) is 4.01. The van der Waals surface area contributed by atoms with Gasteiger partial charge in [-0.05, 0) is 11.6 Å². The van der Waals surface area contributed by atoms with Crippen LogP contribution in [0, 0.1) is 0 Å². The molecule has 0 aliphatic rings. The average molecular weight is 270 g/mol. The summed E-state index contributed by atoms with van der Waals surface area (Å²) < 4.78 is 0. The predicted molar refractivity (Wildman–Crippen MR) is 81.3 cm³/mol. The summed E-state index contributed by atoms with van der Waals surface area (Å²) in [5.41, 5.74) is 8.55. The van der Waals surface area contributed by atoms with Crippen molar-refractivity contribution in [3.05, 3.63) is 41.5 Å². The molecule has 2 aromatic heterocycles. The largest absolute Gasteiger partial charge is 0.383 e. The highest BCUT2D eigenvalue weighted by Crippen LogP contribution is 2.15. The fraction of sp³-hybridized carbons (Fsp3) is 0.286. The topological polar surface area (TPSA) is 80.3 Å². The number of hydrogen-bond donors (Lipinski definition) is 1. The Bertz CT molecular complexity index is 604. The van der Waals surface area contributed by atoms with Gasteiger partial charge in [-0.15, -0.1) is 0 Å². The lowest BCUT2D eigenvalue weighted by Gasteiger charge is -2.11. The second-order valence-corrected chi connectivity index (χ2v) is 4.60. The zero-order valence-electron chi connectivity index (χ0n) is 11.9. The third kappa shape index (κ3) is 3.09. The summed E-state index contributed by atoms with van der Waals surface area (Å²) in [4.78, 5) is 18.6. The maximum Gasteiger partial charge on any atom is 0.135 e. The van der Waals surface area contributed by atoms with Crippen LogP contribution < -0.4 is 10.6 Å². The lowest BCUT2D eigenvalue weighted by atomic mass is 10.1. The van der Waals surface area contributed by atoms with E-state index in [-0.39, 0.29) is 0 Å². The summed E-state index contributed by atoms with van der Waals surface area (Å²) in [5, 5.41) is 0. The van der Waals surface area contributed by atoms with Crippen LogP contribution in [0.3, 0.4) is 0 Å². The van der Waals surface area contributed by atoms with Crippen molar-refractivity contribution >= 4 is 17.9 Å². The summed E-state index contributed by atoms with van der Waals surface area (Å²) in [7, 11) is 5.62. The molecule has 0 unspecified atom stereocenters. The van der Waals surface area contributed by atoms with Crippen molar-refractivity contribution in [1.82, 2.24) is 15.0 Å². The Hall–Kier alpha value is -2.50. The van der Waals surface area contributed by atoms with Gasteiger partial charge in [-0.2, -0.15) is 0 Å². The molecule has 2 N–H and O–H groups in total. The lowest BCUT2D eigenvalue weighted by molar-refractivity contribution is 1.00. The number of pyridine rings is 1. The number of nitrogens with two attached hydrogens (primary N) is 1. The van der Waals surface area contributed by atoms with E-state index >= 15 is 0 Å². The quantitative estimate of drug-likeness (QED) is 0.843. The minimum atomic E-state index is 0.443. The number of anilines is 2. The Balaban J connectivity index is 2.28. The van der Waals surface area contributed by atoms with E-state index in [4.69, 9.17) is 5.73 Å². The molecule has 0 bridgehead atoms. The minimum absolute atomic E-state index is 0.443. The molecule has 0 saturated carbocycles. The van der Waals surface area contributed by atoms with Gasteiger partial charge < -0.3 is 10.6 Å². The van der Waals surface area contributed by atoms with Gasteiger partial charge in [0.15, 0.2) is 0 Å². The summed E-state index contributed by atoms with van der Waals surface area (Å²) >= 11 is 0. The van der Waals surface area contributed by atoms with Crippen LogP contribution >= 0.6 is 0 Å². The SMILES string of the molecule is CN=Cc1c(N)ncnc1Cc1ccc(N(C)C)nc1. The first-order chi connectivity index (χ1) is 9.61. The first-order valence-electron chi connectivity index (χ1n) is 6.25. The smallest absolute Gasteiger partial charge is 0.135 e. The molecule has 0 atom stereocenters. The van der Waals surface area contributed by atoms with Crippen LogP contribution in [0.2, 0.25) is 0 Å². The van der Waals surface area contributed by atoms with E-state index < -0.39 is 0 Å². The van der Waals surface area contributed by atoms with E-state index in [1.807, 2.05) is 37.3 Å². The van der Waals surface area contributed by atoms with Crippen LogP contribution in [-0.4, -0.2) is 42.3 Å². The third-order valence-corrected chi connectivity index (χ3v) is 2.89. The molecule has 20 heavy (non-hydrogen) atoms. The molecular weight excluding hydrogens is 252 g/mol. The molecule has 2 heterocycles. The van der Waals surface area contributed by atoms with Gasteiger partial charge >= 0.3 is 0 Å². The summed E-state index contributed by atoms with van der Waals surface area (Å²) in [5.74, 6) is 1.37.